The van der Waals surface area contributed by atoms with Crippen molar-refractivity contribution >= 4 is 12.0 Å². The maximum absolute atomic E-state index is 12.2. The third-order valence-electron chi connectivity index (χ3n) is 5.04. The van der Waals surface area contributed by atoms with Gasteiger partial charge in [-0.3, -0.25) is 9.78 Å². The topological polar surface area (TPSA) is 62.6 Å². The molecule has 0 radical (unpaired) electrons. The fraction of sp³-hybridized carbons (Fsp3) is 0.350. The molecule has 1 aromatic heterocycles. The minimum absolute atomic E-state index is 0.0900. The van der Waals surface area contributed by atoms with Gasteiger partial charge in [0.2, 0.25) is 0 Å². The maximum atomic E-state index is 12.2. The van der Waals surface area contributed by atoms with Gasteiger partial charge in [-0.2, -0.15) is 0 Å². The number of benzene rings is 1. The van der Waals surface area contributed by atoms with Gasteiger partial charge in [-0.05, 0) is 49.3 Å². The maximum Gasteiger partial charge on any atom is 0.253 e. The van der Waals surface area contributed by atoms with E-state index in [1.54, 1.807) is 18.5 Å². The van der Waals surface area contributed by atoms with Crippen LogP contribution < -0.4 is 10.6 Å². The zero-order chi connectivity index (χ0) is 16.7. The van der Waals surface area contributed by atoms with Crippen LogP contribution >= 0.6 is 0 Å². The highest BCUT2D eigenvalue weighted by molar-refractivity contribution is 5.86. The van der Waals surface area contributed by atoms with Gasteiger partial charge >= 0.3 is 0 Å². The van der Waals surface area contributed by atoms with E-state index in [0.717, 1.165) is 23.6 Å². The zero-order valence-corrected chi connectivity index (χ0v) is 13.6. The Kier molecular flexibility index (Phi) is 3.57. The summed E-state index contributed by atoms with van der Waals surface area (Å²) in [6.07, 6.45) is 7.67. The summed E-state index contributed by atoms with van der Waals surface area (Å²) in [6.45, 7) is 1.89. The van der Waals surface area contributed by atoms with E-state index < -0.39 is 5.60 Å². The van der Waals surface area contributed by atoms with Gasteiger partial charge in [0.1, 0.15) is 0 Å². The molecule has 1 fully saturated rings. The molecule has 4 heteroatoms. The molecular formula is C20H20N2O2. The number of aliphatic hydroxyl groups is 1. The van der Waals surface area contributed by atoms with E-state index in [9.17, 15) is 9.90 Å². The van der Waals surface area contributed by atoms with E-state index in [-0.39, 0.29) is 11.8 Å². The molecule has 2 heterocycles. The monoisotopic (exact) mass is 320 g/mol. The van der Waals surface area contributed by atoms with E-state index >= 15 is 0 Å². The van der Waals surface area contributed by atoms with Gasteiger partial charge in [-0.15, -0.1) is 0 Å². The summed E-state index contributed by atoms with van der Waals surface area (Å²) >= 11 is 0. The predicted octanol–water partition coefficient (Wildman–Crippen LogP) is 1.51. The van der Waals surface area contributed by atoms with Crippen LogP contribution in [0.2, 0.25) is 0 Å². The molecule has 0 spiro atoms. The third-order valence-corrected chi connectivity index (χ3v) is 5.04. The molecule has 1 unspecified atom stereocenters. The Labute approximate surface area is 140 Å². The summed E-state index contributed by atoms with van der Waals surface area (Å²) in [7, 11) is 0. The highest BCUT2D eigenvalue weighted by Crippen LogP contribution is 2.44. The highest BCUT2D eigenvalue weighted by atomic mass is 16.3. The number of fused-ring (bicyclic) bond motifs is 1. The van der Waals surface area contributed by atoms with Gasteiger partial charge in [0.25, 0.3) is 5.91 Å². The second-order valence-corrected chi connectivity index (χ2v) is 7.21. The molecule has 1 saturated carbocycles. The van der Waals surface area contributed by atoms with Crippen molar-refractivity contribution in [1.29, 1.82) is 0 Å². The predicted molar refractivity (Wildman–Crippen MR) is 90.7 cm³/mol. The number of hydrogen-bond acceptors (Lipinski definition) is 3. The molecule has 1 atom stereocenters. The normalized spacial score (nSPS) is 28.3. The molecule has 24 heavy (non-hydrogen) atoms. The minimum atomic E-state index is -0.504. The van der Waals surface area contributed by atoms with Gasteiger partial charge in [-0.25, -0.2) is 4.99 Å². The van der Waals surface area contributed by atoms with E-state index in [4.69, 9.17) is 0 Å². The van der Waals surface area contributed by atoms with Crippen LogP contribution in [0.4, 0.5) is 0 Å². The van der Waals surface area contributed by atoms with Gasteiger partial charge in [0.15, 0.2) is 0 Å². The van der Waals surface area contributed by atoms with Gasteiger partial charge in [0.05, 0.1) is 16.9 Å². The third kappa shape index (κ3) is 2.89. The first-order chi connectivity index (χ1) is 11.5. The number of aromatic nitrogens is 1. The van der Waals surface area contributed by atoms with Crippen molar-refractivity contribution in [3.63, 3.8) is 0 Å². The number of amides is 1. The van der Waals surface area contributed by atoms with Crippen molar-refractivity contribution in [1.82, 2.24) is 4.98 Å². The van der Waals surface area contributed by atoms with Crippen molar-refractivity contribution in [3.8, 4) is 0 Å². The largest absolute Gasteiger partial charge is 0.390 e. The molecule has 122 valence electrons. The Morgan fingerprint density at radius 2 is 1.96 bits per heavy atom. The number of rotatable bonds is 3. The molecule has 1 N–H and O–H groups in total. The first-order valence-electron chi connectivity index (χ1n) is 8.36. The van der Waals surface area contributed by atoms with Crippen molar-refractivity contribution in [2.24, 2.45) is 10.9 Å². The molecule has 4 rings (SSSR count). The Morgan fingerprint density at radius 1 is 1.21 bits per heavy atom. The first kappa shape index (κ1) is 15.2. The Hall–Kier alpha value is -2.33. The summed E-state index contributed by atoms with van der Waals surface area (Å²) in [6, 6.07) is 10.2. The Morgan fingerprint density at radius 3 is 2.67 bits per heavy atom. The second kappa shape index (κ2) is 5.64. The van der Waals surface area contributed by atoms with Crippen LogP contribution in [0.5, 0.6) is 0 Å². The molecule has 0 saturated heterocycles. The molecule has 1 aromatic carbocycles. The SMILES string of the molecule is CC1(O)CC(c2ccc(CC3C=c4cnccc4=NC3=O)cc2)C1. The summed E-state index contributed by atoms with van der Waals surface area (Å²) in [4.78, 5) is 20.5. The molecule has 1 aliphatic carbocycles. The van der Waals surface area contributed by atoms with Gasteiger partial charge in [0, 0.05) is 17.6 Å². The van der Waals surface area contributed by atoms with E-state index in [0.29, 0.717) is 17.7 Å². The summed E-state index contributed by atoms with van der Waals surface area (Å²) in [5.41, 5.74) is 1.89. The van der Waals surface area contributed by atoms with Crippen molar-refractivity contribution in [3.05, 3.63) is 64.4 Å². The fourth-order valence-corrected chi connectivity index (χ4v) is 3.68. The zero-order valence-electron chi connectivity index (χ0n) is 13.6. The molecule has 1 aliphatic heterocycles. The lowest BCUT2D eigenvalue weighted by atomic mass is 9.69. The summed E-state index contributed by atoms with van der Waals surface area (Å²) < 4.78 is 0. The molecular weight excluding hydrogens is 300 g/mol. The Bertz CT molecular complexity index is 892. The molecule has 2 aliphatic rings. The smallest absolute Gasteiger partial charge is 0.253 e. The van der Waals surface area contributed by atoms with Crippen molar-refractivity contribution < 1.29 is 9.90 Å². The Balaban J connectivity index is 1.50. The quantitative estimate of drug-likeness (QED) is 0.932. The summed E-state index contributed by atoms with van der Waals surface area (Å²) in [5.74, 6) is 0.134. The van der Waals surface area contributed by atoms with Crippen LogP contribution in [-0.4, -0.2) is 21.6 Å². The van der Waals surface area contributed by atoms with Crippen LogP contribution in [0.1, 0.15) is 36.8 Å². The second-order valence-electron chi connectivity index (χ2n) is 7.21. The lowest BCUT2D eigenvalue weighted by molar-refractivity contribution is -0.120. The van der Waals surface area contributed by atoms with E-state index in [2.05, 4.69) is 34.2 Å². The minimum Gasteiger partial charge on any atom is -0.390 e. The number of carbonyl (C=O) groups is 1. The van der Waals surface area contributed by atoms with Crippen LogP contribution in [0.25, 0.3) is 6.08 Å². The van der Waals surface area contributed by atoms with Crippen molar-refractivity contribution in [2.75, 3.05) is 0 Å². The first-order valence-corrected chi connectivity index (χ1v) is 8.36. The number of hydrogen-bond donors (Lipinski definition) is 1. The van der Waals surface area contributed by atoms with E-state index in [1.165, 1.54) is 5.56 Å². The fourth-order valence-electron chi connectivity index (χ4n) is 3.68. The van der Waals surface area contributed by atoms with Gasteiger partial charge < -0.3 is 5.11 Å². The molecule has 0 bridgehead atoms. The lowest BCUT2D eigenvalue weighted by Crippen LogP contribution is -2.39. The van der Waals surface area contributed by atoms with Crippen LogP contribution in [-0.2, 0) is 11.2 Å². The summed E-state index contributed by atoms with van der Waals surface area (Å²) in [5, 5.41) is 11.5. The number of pyridine rings is 1. The molecule has 1 amide bonds. The number of nitrogens with zero attached hydrogens (tertiary/aromatic N) is 2. The van der Waals surface area contributed by atoms with Gasteiger partial charge in [-0.1, -0.05) is 30.3 Å². The standard InChI is InChI=1S/C20H20N2O2/c1-20(24)10-17(11-20)14-4-2-13(3-5-14)8-15-9-16-12-21-7-6-18(16)22-19(15)23/h2-7,9,12,15,17,24H,8,10-11H2,1H3. The lowest BCUT2D eigenvalue weighted by Gasteiger charge is -2.41. The van der Waals surface area contributed by atoms with E-state index in [1.807, 2.05) is 13.0 Å². The average molecular weight is 320 g/mol. The van der Waals surface area contributed by atoms with Crippen LogP contribution in [0.3, 0.4) is 0 Å². The average Bonchev–Trinajstić information content (AvgIpc) is 2.54. The number of carbonyl (C=O) groups excluding carboxylic acids is 1. The van der Waals surface area contributed by atoms with Crippen LogP contribution in [0, 0.1) is 5.92 Å². The highest BCUT2D eigenvalue weighted by Gasteiger charge is 2.38. The van der Waals surface area contributed by atoms with Crippen LogP contribution in [0.15, 0.2) is 47.7 Å². The van der Waals surface area contributed by atoms with Crippen molar-refractivity contribution in [2.45, 2.75) is 37.7 Å². The molecule has 2 aromatic rings. The molecule has 4 nitrogen and oxygen atoms in total.